The molecule has 0 unspecified atom stereocenters. The summed E-state index contributed by atoms with van der Waals surface area (Å²) in [5, 5.41) is 3.09. The zero-order valence-corrected chi connectivity index (χ0v) is 14.8. The van der Waals surface area contributed by atoms with E-state index in [1.54, 1.807) is 16.2 Å². The number of hydrogen-bond donors (Lipinski definition) is 1. The van der Waals surface area contributed by atoms with Gasteiger partial charge >= 0.3 is 0 Å². The maximum atomic E-state index is 12.6. The van der Waals surface area contributed by atoms with E-state index in [0.717, 1.165) is 19.3 Å². The lowest BCUT2D eigenvalue weighted by Crippen LogP contribution is -2.46. The molecule has 4 nitrogen and oxygen atoms in total. The zero-order chi connectivity index (χ0) is 16.3. The van der Waals surface area contributed by atoms with Gasteiger partial charge in [-0.15, -0.1) is 11.3 Å². The molecule has 2 atom stereocenters. The van der Waals surface area contributed by atoms with Crippen LogP contribution in [-0.4, -0.2) is 29.3 Å². The molecule has 0 radical (unpaired) electrons. The van der Waals surface area contributed by atoms with Crippen molar-refractivity contribution in [2.75, 3.05) is 6.54 Å². The van der Waals surface area contributed by atoms with Crippen LogP contribution in [0.25, 0.3) is 0 Å². The lowest BCUT2D eigenvalue weighted by Gasteiger charge is -2.25. The molecule has 0 spiro atoms. The standard InChI is InChI=1S/C17H26N2O2S/c1-5-7-16(20)19-9-6-8-15(19)17(21)18-12(3)14-10-11(2)22-13(14)4/h10,12,15H,5-9H2,1-4H3,(H,18,21)/t12-,15+/m0/s1. The van der Waals surface area contributed by atoms with Gasteiger partial charge in [0.2, 0.25) is 11.8 Å². The molecule has 0 aromatic carbocycles. The van der Waals surface area contributed by atoms with Gasteiger partial charge in [0.05, 0.1) is 6.04 Å². The Morgan fingerprint density at radius 3 is 2.77 bits per heavy atom. The molecule has 0 saturated carbocycles. The zero-order valence-electron chi connectivity index (χ0n) is 13.9. The normalized spacial score (nSPS) is 19.3. The molecule has 1 N–H and O–H groups in total. The molecule has 0 bridgehead atoms. The van der Waals surface area contributed by atoms with Gasteiger partial charge in [-0.25, -0.2) is 0 Å². The lowest BCUT2D eigenvalue weighted by atomic mass is 10.1. The van der Waals surface area contributed by atoms with Gasteiger partial charge < -0.3 is 10.2 Å². The largest absolute Gasteiger partial charge is 0.348 e. The number of nitrogens with zero attached hydrogens (tertiary/aromatic N) is 1. The van der Waals surface area contributed by atoms with Crippen molar-refractivity contribution in [3.8, 4) is 0 Å². The van der Waals surface area contributed by atoms with Gasteiger partial charge in [-0.05, 0) is 51.7 Å². The van der Waals surface area contributed by atoms with E-state index in [4.69, 9.17) is 0 Å². The summed E-state index contributed by atoms with van der Waals surface area (Å²) in [4.78, 5) is 29.0. The Bertz CT molecular complexity index is 553. The van der Waals surface area contributed by atoms with Crippen molar-refractivity contribution >= 4 is 23.2 Å². The van der Waals surface area contributed by atoms with Crippen molar-refractivity contribution in [1.29, 1.82) is 0 Å². The molecular weight excluding hydrogens is 296 g/mol. The molecule has 2 amide bonds. The maximum Gasteiger partial charge on any atom is 0.243 e. The first kappa shape index (κ1) is 17.0. The summed E-state index contributed by atoms with van der Waals surface area (Å²) in [5.74, 6) is 0.0908. The molecular formula is C17H26N2O2S. The summed E-state index contributed by atoms with van der Waals surface area (Å²) in [6.07, 6.45) is 3.05. The van der Waals surface area contributed by atoms with Gasteiger partial charge in [-0.2, -0.15) is 0 Å². The average molecular weight is 322 g/mol. The van der Waals surface area contributed by atoms with Crippen molar-refractivity contribution < 1.29 is 9.59 Å². The first-order chi connectivity index (χ1) is 10.4. The molecule has 1 aliphatic heterocycles. The Labute approximate surface area is 136 Å². The third-order valence-electron chi connectivity index (χ3n) is 4.24. The van der Waals surface area contributed by atoms with E-state index in [1.807, 2.05) is 13.8 Å². The molecule has 1 fully saturated rings. The SMILES string of the molecule is CCCC(=O)N1CCC[C@@H]1C(=O)N[C@@H](C)c1cc(C)sc1C. The highest BCUT2D eigenvalue weighted by molar-refractivity contribution is 7.12. The van der Waals surface area contributed by atoms with Crippen LogP contribution in [0.3, 0.4) is 0 Å². The van der Waals surface area contributed by atoms with E-state index in [0.29, 0.717) is 13.0 Å². The Kier molecular flexibility index (Phi) is 5.62. The van der Waals surface area contributed by atoms with Crippen LogP contribution >= 0.6 is 11.3 Å². The summed E-state index contributed by atoms with van der Waals surface area (Å²) in [6, 6.07) is 1.84. The van der Waals surface area contributed by atoms with Crippen molar-refractivity contribution in [3.63, 3.8) is 0 Å². The molecule has 22 heavy (non-hydrogen) atoms. The number of carbonyl (C=O) groups excluding carboxylic acids is 2. The van der Waals surface area contributed by atoms with Crippen molar-refractivity contribution in [2.24, 2.45) is 0 Å². The van der Waals surface area contributed by atoms with E-state index < -0.39 is 0 Å². The average Bonchev–Trinajstić information content (AvgIpc) is 3.05. The quantitative estimate of drug-likeness (QED) is 0.904. The predicted molar refractivity (Wildman–Crippen MR) is 90.0 cm³/mol. The van der Waals surface area contributed by atoms with E-state index >= 15 is 0 Å². The summed E-state index contributed by atoms with van der Waals surface area (Å²) < 4.78 is 0. The summed E-state index contributed by atoms with van der Waals surface area (Å²) >= 11 is 1.75. The number of rotatable bonds is 5. The second-order valence-corrected chi connectivity index (χ2v) is 7.55. The fraction of sp³-hybridized carbons (Fsp3) is 0.647. The highest BCUT2D eigenvalue weighted by Crippen LogP contribution is 2.27. The Hall–Kier alpha value is -1.36. The van der Waals surface area contributed by atoms with Crippen LogP contribution in [0.2, 0.25) is 0 Å². The van der Waals surface area contributed by atoms with Crippen LogP contribution < -0.4 is 5.32 Å². The third-order valence-corrected chi connectivity index (χ3v) is 5.23. The van der Waals surface area contributed by atoms with Crippen molar-refractivity contribution in [2.45, 2.75) is 65.5 Å². The predicted octanol–water partition coefficient (Wildman–Crippen LogP) is 3.33. The van der Waals surface area contributed by atoms with Crippen molar-refractivity contribution in [1.82, 2.24) is 10.2 Å². The number of likely N-dealkylation sites (tertiary alicyclic amines) is 1. The minimum atomic E-state index is -0.290. The highest BCUT2D eigenvalue weighted by atomic mass is 32.1. The molecule has 122 valence electrons. The second kappa shape index (κ2) is 7.27. The minimum Gasteiger partial charge on any atom is -0.348 e. The summed E-state index contributed by atoms with van der Waals surface area (Å²) in [5.41, 5.74) is 1.18. The smallest absolute Gasteiger partial charge is 0.243 e. The minimum absolute atomic E-state index is 0.0128. The third kappa shape index (κ3) is 3.69. The van der Waals surface area contributed by atoms with Gasteiger partial charge in [-0.3, -0.25) is 9.59 Å². The molecule has 1 saturated heterocycles. The molecule has 1 aliphatic rings. The van der Waals surface area contributed by atoms with Crippen LogP contribution in [-0.2, 0) is 9.59 Å². The number of aryl methyl sites for hydroxylation is 2. The Morgan fingerprint density at radius 2 is 2.18 bits per heavy atom. The second-order valence-electron chi connectivity index (χ2n) is 6.09. The lowest BCUT2D eigenvalue weighted by molar-refractivity contribution is -0.138. The molecule has 5 heteroatoms. The van der Waals surface area contributed by atoms with Crippen LogP contribution in [0.4, 0.5) is 0 Å². The van der Waals surface area contributed by atoms with Crippen LogP contribution in [0, 0.1) is 13.8 Å². The van der Waals surface area contributed by atoms with Gasteiger partial charge in [0.15, 0.2) is 0 Å². The molecule has 0 aliphatic carbocycles. The number of hydrogen-bond acceptors (Lipinski definition) is 3. The number of thiophene rings is 1. The fourth-order valence-electron chi connectivity index (χ4n) is 3.16. The number of amides is 2. The molecule has 2 rings (SSSR count). The van der Waals surface area contributed by atoms with Gasteiger partial charge in [0.1, 0.15) is 6.04 Å². The first-order valence-electron chi connectivity index (χ1n) is 8.10. The van der Waals surface area contributed by atoms with Gasteiger partial charge in [0.25, 0.3) is 0 Å². The van der Waals surface area contributed by atoms with Crippen LogP contribution in [0.15, 0.2) is 6.07 Å². The number of carbonyl (C=O) groups is 2. The first-order valence-corrected chi connectivity index (χ1v) is 8.92. The van der Waals surface area contributed by atoms with Gasteiger partial charge in [0, 0.05) is 22.7 Å². The summed E-state index contributed by atoms with van der Waals surface area (Å²) in [7, 11) is 0. The fourth-order valence-corrected chi connectivity index (χ4v) is 4.19. The molecule has 2 heterocycles. The van der Waals surface area contributed by atoms with Crippen molar-refractivity contribution in [3.05, 3.63) is 21.4 Å². The highest BCUT2D eigenvalue weighted by Gasteiger charge is 2.34. The number of nitrogens with one attached hydrogen (secondary N) is 1. The topological polar surface area (TPSA) is 49.4 Å². The summed E-state index contributed by atoms with van der Waals surface area (Å²) in [6.45, 7) is 8.88. The van der Waals surface area contributed by atoms with E-state index in [1.165, 1.54) is 15.3 Å². The Morgan fingerprint density at radius 1 is 1.45 bits per heavy atom. The van der Waals surface area contributed by atoms with Gasteiger partial charge in [-0.1, -0.05) is 6.92 Å². The molecule has 1 aromatic heterocycles. The van der Waals surface area contributed by atoms with Crippen LogP contribution in [0.1, 0.15) is 60.9 Å². The monoisotopic (exact) mass is 322 g/mol. The van der Waals surface area contributed by atoms with Crippen LogP contribution in [0.5, 0.6) is 0 Å². The Balaban J connectivity index is 2.01. The maximum absolute atomic E-state index is 12.6. The molecule has 1 aromatic rings. The van der Waals surface area contributed by atoms with E-state index in [-0.39, 0.29) is 23.9 Å². The van der Waals surface area contributed by atoms with E-state index in [2.05, 4.69) is 25.2 Å². The van der Waals surface area contributed by atoms with E-state index in [9.17, 15) is 9.59 Å².